The molecule has 4 rings (SSSR count). The highest BCUT2D eigenvalue weighted by Crippen LogP contribution is 2.21. The van der Waals surface area contributed by atoms with Crippen molar-refractivity contribution in [2.75, 3.05) is 5.32 Å². The molecule has 2 heterocycles. The Bertz CT molecular complexity index is 1370. The summed E-state index contributed by atoms with van der Waals surface area (Å²) in [5.41, 5.74) is 1.45. The number of amides is 1. The predicted octanol–water partition coefficient (Wildman–Crippen LogP) is 2.52. The Hall–Kier alpha value is -4.34. The van der Waals surface area contributed by atoms with Gasteiger partial charge in [0.1, 0.15) is 5.82 Å². The summed E-state index contributed by atoms with van der Waals surface area (Å²) in [5.74, 6) is 0.0878. The Morgan fingerprint density at radius 1 is 1.10 bits per heavy atom. The van der Waals surface area contributed by atoms with Gasteiger partial charge in [0.15, 0.2) is 0 Å². The van der Waals surface area contributed by atoms with E-state index in [2.05, 4.69) is 15.5 Å². The first-order valence-electron chi connectivity index (χ1n) is 9.40. The van der Waals surface area contributed by atoms with Crippen LogP contribution in [-0.2, 0) is 18.3 Å². The van der Waals surface area contributed by atoms with Crippen molar-refractivity contribution in [1.29, 1.82) is 0 Å². The van der Waals surface area contributed by atoms with Crippen LogP contribution in [-0.4, -0.2) is 30.4 Å². The lowest BCUT2D eigenvalue weighted by Gasteiger charge is -2.10. The number of anilines is 1. The minimum Gasteiger partial charge on any atom is -0.310 e. The van der Waals surface area contributed by atoms with E-state index in [1.165, 1.54) is 21.5 Å². The minimum absolute atomic E-state index is 0.0362. The van der Waals surface area contributed by atoms with Gasteiger partial charge < -0.3 is 5.32 Å². The Morgan fingerprint density at radius 2 is 1.77 bits per heavy atom. The Morgan fingerprint density at radius 3 is 2.45 bits per heavy atom. The molecule has 0 atom stereocenters. The second-order valence-electron chi connectivity index (χ2n) is 7.00. The van der Waals surface area contributed by atoms with Crippen LogP contribution in [0.2, 0.25) is 0 Å². The molecule has 156 valence electrons. The number of carbonyl (C=O) groups excluding carboxylic acids is 1. The largest absolute Gasteiger partial charge is 0.310 e. The maximum atomic E-state index is 12.8. The summed E-state index contributed by atoms with van der Waals surface area (Å²) in [6, 6.07) is 14.6. The van der Waals surface area contributed by atoms with Gasteiger partial charge in [0.05, 0.1) is 33.8 Å². The van der Waals surface area contributed by atoms with Crippen LogP contribution >= 0.6 is 0 Å². The lowest BCUT2D eigenvalue weighted by atomic mass is 10.1. The van der Waals surface area contributed by atoms with Gasteiger partial charge in [0, 0.05) is 30.6 Å². The first-order valence-corrected chi connectivity index (χ1v) is 9.40. The first kappa shape index (κ1) is 20.0. The summed E-state index contributed by atoms with van der Waals surface area (Å²) in [6.45, 7) is 1.78. The molecule has 1 amide bonds. The maximum absolute atomic E-state index is 12.8. The van der Waals surface area contributed by atoms with E-state index in [9.17, 15) is 19.7 Å². The number of benzene rings is 2. The van der Waals surface area contributed by atoms with Crippen molar-refractivity contribution in [3.8, 4) is 5.69 Å². The molecule has 0 aliphatic rings. The second kappa shape index (κ2) is 7.82. The van der Waals surface area contributed by atoms with Gasteiger partial charge >= 0.3 is 0 Å². The molecular weight excluding hydrogens is 400 g/mol. The molecule has 0 aliphatic heterocycles. The molecule has 2 aromatic heterocycles. The summed E-state index contributed by atoms with van der Waals surface area (Å²) < 4.78 is 2.72. The van der Waals surface area contributed by atoms with E-state index in [-0.39, 0.29) is 23.6 Å². The van der Waals surface area contributed by atoms with Crippen LogP contribution in [0.4, 0.5) is 11.5 Å². The molecule has 10 heteroatoms. The highest BCUT2D eigenvalue weighted by Gasteiger charge is 2.16. The average Bonchev–Trinajstić information content (AvgIpc) is 3.11. The molecule has 0 aliphatic carbocycles. The SMILES string of the molecule is Cc1cc(NC(=O)Cc2nn(C)c(=O)c3ccccc23)n(-c2ccc([N+](=O)[O-])cc2)n1. The van der Waals surface area contributed by atoms with Crippen molar-refractivity contribution in [3.63, 3.8) is 0 Å². The summed E-state index contributed by atoms with van der Waals surface area (Å²) in [6.07, 6.45) is -0.0425. The number of aryl methyl sites for hydroxylation is 2. The molecule has 0 saturated carbocycles. The minimum atomic E-state index is -0.481. The molecule has 31 heavy (non-hydrogen) atoms. The summed E-state index contributed by atoms with van der Waals surface area (Å²) >= 11 is 0. The highest BCUT2D eigenvalue weighted by atomic mass is 16.6. The second-order valence-corrected chi connectivity index (χ2v) is 7.00. The van der Waals surface area contributed by atoms with Crippen molar-refractivity contribution >= 4 is 28.2 Å². The molecule has 0 unspecified atom stereocenters. The van der Waals surface area contributed by atoms with Crippen molar-refractivity contribution in [2.24, 2.45) is 7.05 Å². The van der Waals surface area contributed by atoms with Gasteiger partial charge in [-0.15, -0.1) is 0 Å². The molecule has 0 radical (unpaired) electrons. The van der Waals surface area contributed by atoms with Gasteiger partial charge in [-0.3, -0.25) is 19.7 Å². The third-order valence-corrected chi connectivity index (χ3v) is 4.77. The number of nitro benzene ring substituents is 1. The van der Waals surface area contributed by atoms with Crippen LogP contribution in [0.15, 0.2) is 59.4 Å². The van der Waals surface area contributed by atoms with Gasteiger partial charge in [-0.1, -0.05) is 18.2 Å². The quantitative estimate of drug-likeness (QED) is 0.392. The number of nitro groups is 1. The number of nitrogens with one attached hydrogen (secondary N) is 1. The van der Waals surface area contributed by atoms with Gasteiger partial charge in [-0.2, -0.15) is 10.2 Å². The molecular formula is C21H18N6O4. The fourth-order valence-corrected chi connectivity index (χ4v) is 3.35. The molecule has 0 fully saturated rings. The van der Waals surface area contributed by atoms with Crippen molar-refractivity contribution in [3.05, 3.63) is 86.5 Å². The van der Waals surface area contributed by atoms with Crippen molar-refractivity contribution in [1.82, 2.24) is 19.6 Å². The zero-order valence-electron chi connectivity index (χ0n) is 16.8. The fraction of sp³-hybridized carbons (Fsp3) is 0.143. The lowest BCUT2D eigenvalue weighted by molar-refractivity contribution is -0.384. The number of non-ortho nitro benzene ring substituents is 1. The number of fused-ring (bicyclic) bond motifs is 1. The molecule has 2 aromatic carbocycles. The van der Waals surface area contributed by atoms with E-state index in [0.717, 1.165) is 0 Å². The van der Waals surface area contributed by atoms with E-state index < -0.39 is 4.92 Å². The fourth-order valence-electron chi connectivity index (χ4n) is 3.35. The zero-order valence-corrected chi connectivity index (χ0v) is 16.8. The van der Waals surface area contributed by atoms with E-state index in [1.54, 1.807) is 56.4 Å². The maximum Gasteiger partial charge on any atom is 0.274 e. The normalized spacial score (nSPS) is 10.9. The number of hydrogen-bond acceptors (Lipinski definition) is 6. The highest BCUT2D eigenvalue weighted by molar-refractivity contribution is 5.95. The van der Waals surface area contributed by atoms with E-state index in [1.807, 2.05) is 0 Å². The Kier molecular flexibility index (Phi) is 5.04. The molecule has 4 aromatic rings. The number of carbonyl (C=O) groups is 1. The predicted molar refractivity (Wildman–Crippen MR) is 114 cm³/mol. The topological polar surface area (TPSA) is 125 Å². The lowest BCUT2D eigenvalue weighted by Crippen LogP contribution is -2.24. The molecule has 0 spiro atoms. The number of aromatic nitrogens is 4. The van der Waals surface area contributed by atoms with Gasteiger partial charge in [-0.25, -0.2) is 9.36 Å². The molecule has 10 nitrogen and oxygen atoms in total. The standard InChI is InChI=1S/C21H18N6O4/c1-13-11-19(26(23-13)14-7-9-15(10-8-14)27(30)31)22-20(28)12-18-16-5-3-4-6-17(16)21(29)25(2)24-18/h3-11H,12H2,1-2H3,(H,22,28). The monoisotopic (exact) mass is 418 g/mol. The average molecular weight is 418 g/mol. The van der Waals surface area contributed by atoms with E-state index in [4.69, 9.17) is 0 Å². The Labute approximate surface area is 175 Å². The van der Waals surface area contributed by atoms with Gasteiger partial charge in [0.25, 0.3) is 11.2 Å². The van der Waals surface area contributed by atoms with E-state index >= 15 is 0 Å². The number of rotatable bonds is 5. The van der Waals surface area contributed by atoms with Crippen LogP contribution < -0.4 is 10.9 Å². The van der Waals surface area contributed by atoms with Crippen LogP contribution in [0.1, 0.15) is 11.4 Å². The molecule has 0 saturated heterocycles. The van der Waals surface area contributed by atoms with Crippen LogP contribution in [0.25, 0.3) is 16.5 Å². The van der Waals surface area contributed by atoms with Crippen molar-refractivity contribution in [2.45, 2.75) is 13.3 Å². The van der Waals surface area contributed by atoms with Gasteiger partial charge in [0.2, 0.25) is 5.91 Å². The van der Waals surface area contributed by atoms with Crippen LogP contribution in [0.5, 0.6) is 0 Å². The smallest absolute Gasteiger partial charge is 0.274 e. The van der Waals surface area contributed by atoms with Crippen LogP contribution in [0.3, 0.4) is 0 Å². The van der Waals surface area contributed by atoms with Gasteiger partial charge in [-0.05, 0) is 25.1 Å². The van der Waals surface area contributed by atoms with Crippen LogP contribution in [0, 0.1) is 17.0 Å². The number of nitrogens with zero attached hydrogens (tertiary/aromatic N) is 5. The molecule has 1 N–H and O–H groups in total. The third-order valence-electron chi connectivity index (χ3n) is 4.77. The molecule has 0 bridgehead atoms. The van der Waals surface area contributed by atoms with Crippen molar-refractivity contribution < 1.29 is 9.72 Å². The summed E-state index contributed by atoms with van der Waals surface area (Å²) in [4.78, 5) is 35.5. The first-order chi connectivity index (χ1) is 14.8. The zero-order chi connectivity index (χ0) is 22.1. The summed E-state index contributed by atoms with van der Waals surface area (Å²) in [7, 11) is 1.54. The third kappa shape index (κ3) is 3.90. The van der Waals surface area contributed by atoms with E-state index in [0.29, 0.717) is 33.7 Å². The Balaban J connectivity index is 1.62. The summed E-state index contributed by atoms with van der Waals surface area (Å²) in [5, 5.41) is 23.4. The number of hydrogen-bond donors (Lipinski definition) is 1.